The smallest absolute Gasteiger partial charge is 0.148 e. The van der Waals surface area contributed by atoms with Crippen molar-refractivity contribution in [1.29, 1.82) is 0 Å². The van der Waals surface area contributed by atoms with Crippen molar-refractivity contribution < 1.29 is 4.39 Å². The van der Waals surface area contributed by atoms with Crippen LogP contribution in [0.3, 0.4) is 0 Å². The fraction of sp³-hybridized carbons (Fsp3) is 0.154. The lowest BCUT2D eigenvalue weighted by Crippen LogP contribution is -1.93. The zero-order chi connectivity index (χ0) is 12.9. The second kappa shape index (κ2) is 3.60. The Balaban J connectivity index is 2.22. The van der Waals surface area contributed by atoms with E-state index in [4.69, 9.17) is 5.73 Å². The number of nitrogens with two attached hydrogens (primary N) is 1. The number of nitrogen functional groups attached to an aromatic ring is 1. The van der Waals surface area contributed by atoms with Crippen LogP contribution in [0.4, 0.5) is 10.1 Å². The van der Waals surface area contributed by atoms with Crippen LogP contribution in [0.1, 0.15) is 5.69 Å². The van der Waals surface area contributed by atoms with Gasteiger partial charge in [0.25, 0.3) is 0 Å². The van der Waals surface area contributed by atoms with E-state index in [-0.39, 0.29) is 5.69 Å². The van der Waals surface area contributed by atoms with E-state index in [1.807, 2.05) is 26.1 Å². The SMILES string of the molecule is Cc1cc(-c2cc3cc(N)c(F)cc3[nH]2)n(C)n1. The fourth-order valence-electron chi connectivity index (χ4n) is 2.17. The second-order valence-corrected chi connectivity index (χ2v) is 4.44. The van der Waals surface area contributed by atoms with E-state index in [1.54, 1.807) is 10.7 Å². The summed E-state index contributed by atoms with van der Waals surface area (Å²) in [5.74, 6) is -0.405. The molecule has 0 fully saturated rings. The summed E-state index contributed by atoms with van der Waals surface area (Å²) in [7, 11) is 1.88. The Morgan fingerprint density at radius 2 is 2.06 bits per heavy atom. The van der Waals surface area contributed by atoms with Gasteiger partial charge in [0.05, 0.1) is 22.8 Å². The first-order valence-electron chi connectivity index (χ1n) is 5.63. The molecular weight excluding hydrogens is 231 g/mol. The van der Waals surface area contributed by atoms with E-state index in [0.29, 0.717) is 0 Å². The predicted octanol–water partition coefficient (Wildman–Crippen LogP) is 2.60. The summed E-state index contributed by atoms with van der Waals surface area (Å²) < 4.78 is 15.2. The number of aromatic nitrogens is 3. The molecule has 0 aliphatic heterocycles. The minimum Gasteiger partial charge on any atom is -0.396 e. The summed E-state index contributed by atoms with van der Waals surface area (Å²) in [4.78, 5) is 3.18. The number of rotatable bonds is 1. The number of aryl methyl sites for hydroxylation is 2. The summed E-state index contributed by atoms with van der Waals surface area (Å²) >= 11 is 0. The molecule has 18 heavy (non-hydrogen) atoms. The number of hydrogen-bond acceptors (Lipinski definition) is 2. The Kier molecular flexibility index (Phi) is 2.16. The number of anilines is 1. The Morgan fingerprint density at radius 1 is 1.28 bits per heavy atom. The average molecular weight is 244 g/mol. The molecule has 2 heterocycles. The number of halogens is 1. The maximum atomic E-state index is 13.4. The molecule has 92 valence electrons. The van der Waals surface area contributed by atoms with Gasteiger partial charge in [-0.2, -0.15) is 5.10 Å². The largest absolute Gasteiger partial charge is 0.396 e. The molecule has 0 aliphatic carbocycles. The van der Waals surface area contributed by atoms with E-state index in [2.05, 4.69) is 10.1 Å². The number of nitrogens with one attached hydrogen (secondary N) is 1. The summed E-state index contributed by atoms with van der Waals surface area (Å²) in [5.41, 5.74) is 9.26. The molecular formula is C13H13FN4. The quantitative estimate of drug-likeness (QED) is 0.646. The summed E-state index contributed by atoms with van der Waals surface area (Å²) in [6.45, 7) is 1.93. The lowest BCUT2D eigenvalue weighted by Gasteiger charge is -1.97. The lowest BCUT2D eigenvalue weighted by molar-refractivity contribution is 0.634. The van der Waals surface area contributed by atoms with Crippen molar-refractivity contribution in [2.45, 2.75) is 6.92 Å². The van der Waals surface area contributed by atoms with Crippen LogP contribution < -0.4 is 5.73 Å². The third kappa shape index (κ3) is 1.55. The van der Waals surface area contributed by atoms with Crippen LogP contribution in [-0.4, -0.2) is 14.8 Å². The average Bonchev–Trinajstić information content (AvgIpc) is 2.82. The first kappa shape index (κ1) is 10.8. The van der Waals surface area contributed by atoms with Gasteiger partial charge < -0.3 is 10.7 Å². The van der Waals surface area contributed by atoms with Crippen LogP contribution in [0.2, 0.25) is 0 Å². The van der Waals surface area contributed by atoms with Crippen molar-refractivity contribution in [2.24, 2.45) is 7.05 Å². The molecule has 0 aliphatic rings. The molecule has 0 amide bonds. The minimum atomic E-state index is -0.405. The number of H-pyrrole nitrogens is 1. The molecule has 0 saturated heterocycles. The molecule has 3 aromatic rings. The van der Waals surface area contributed by atoms with Gasteiger partial charge >= 0.3 is 0 Å². The molecule has 0 radical (unpaired) electrons. The number of fused-ring (bicyclic) bond motifs is 1. The number of nitrogens with zero attached hydrogens (tertiary/aromatic N) is 2. The summed E-state index contributed by atoms with van der Waals surface area (Å²) in [5, 5.41) is 5.18. The van der Waals surface area contributed by atoms with Gasteiger partial charge in [0, 0.05) is 24.0 Å². The Hall–Kier alpha value is -2.30. The van der Waals surface area contributed by atoms with Crippen molar-refractivity contribution in [3.63, 3.8) is 0 Å². The lowest BCUT2D eigenvalue weighted by atomic mass is 10.2. The van der Waals surface area contributed by atoms with Gasteiger partial charge in [-0.15, -0.1) is 0 Å². The monoisotopic (exact) mass is 244 g/mol. The molecule has 0 spiro atoms. The van der Waals surface area contributed by atoms with Crippen molar-refractivity contribution in [3.8, 4) is 11.4 Å². The van der Waals surface area contributed by atoms with Crippen molar-refractivity contribution in [2.75, 3.05) is 5.73 Å². The van der Waals surface area contributed by atoms with Gasteiger partial charge in [-0.1, -0.05) is 0 Å². The van der Waals surface area contributed by atoms with Crippen molar-refractivity contribution >= 4 is 16.6 Å². The van der Waals surface area contributed by atoms with Gasteiger partial charge in [0.2, 0.25) is 0 Å². The van der Waals surface area contributed by atoms with Crippen molar-refractivity contribution in [3.05, 3.63) is 35.8 Å². The van der Waals surface area contributed by atoms with E-state index >= 15 is 0 Å². The van der Waals surface area contributed by atoms with Crippen LogP contribution in [0.15, 0.2) is 24.3 Å². The molecule has 0 bridgehead atoms. The molecule has 3 N–H and O–H groups in total. The Morgan fingerprint density at radius 3 is 2.72 bits per heavy atom. The molecule has 3 rings (SSSR count). The van der Waals surface area contributed by atoms with Crippen LogP contribution in [0.5, 0.6) is 0 Å². The van der Waals surface area contributed by atoms with E-state index in [0.717, 1.165) is 28.0 Å². The maximum absolute atomic E-state index is 13.4. The first-order chi connectivity index (χ1) is 8.54. The summed E-state index contributed by atoms with van der Waals surface area (Å²) in [6, 6.07) is 6.97. The van der Waals surface area contributed by atoms with Gasteiger partial charge in [-0.25, -0.2) is 4.39 Å². The molecule has 2 aromatic heterocycles. The highest BCUT2D eigenvalue weighted by Gasteiger charge is 2.10. The number of hydrogen-bond donors (Lipinski definition) is 2. The third-order valence-corrected chi connectivity index (χ3v) is 3.02. The molecule has 0 unspecified atom stereocenters. The second-order valence-electron chi connectivity index (χ2n) is 4.44. The van der Waals surface area contributed by atoms with Crippen LogP contribution in [0.25, 0.3) is 22.3 Å². The van der Waals surface area contributed by atoms with Crippen LogP contribution in [-0.2, 0) is 7.05 Å². The predicted molar refractivity (Wildman–Crippen MR) is 69.6 cm³/mol. The van der Waals surface area contributed by atoms with E-state index in [1.165, 1.54) is 6.07 Å². The molecule has 0 saturated carbocycles. The van der Waals surface area contributed by atoms with Gasteiger partial charge in [0.1, 0.15) is 5.82 Å². The van der Waals surface area contributed by atoms with Gasteiger partial charge in [-0.3, -0.25) is 4.68 Å². The maximum Gasteiger partial charge on any atom is 0.148 e. The molecule has 4 nitrogen and oxygen atoms in total. The molecule has 0 atom stereocenters. The van der Waals surface area contributed by atoms with Crippen LogP contribution in [0, 0.1) is 12.7 Å². The van der Waals surface area contributed by atoms with Gasteiger partial charge in [0.15, 0.2) is 0 Å². The van der Waals surface area contributed by atoms with Crippen LogP contribution >= 0.6 is 0 Å². The van der Waals surface area contributed by atoms with Crippen molar-refractivity contribution in [1.82, 2.24) is 14.8 Å². The Bertz CT molecular complexity index is 700. The highest BCUT2D eigenvalue weighted by Crippen LogP contribution is 2.27. The topological polar surface area (TPSA) is 59.6 Å². The molecule has 5 heteroatoms. The normalized spacial score (nSPS) is 11.3. The summed E-state index contributed by atoms with van der Waals surface area (Å²) in [6.07, 6.45) is 0. The number of aromatic amines is 1. The standard InChI is InChI=1S/C13H13FN4/c1-7-3-13(18(2)17-7)12-5-8-4-10(15)9(14)6-11(8)16-12/h3-6,16H,15H2,1-2H3. The fourth-order valence-corrected chi connectivity index (χ4v) is 2.17. The zero-order valence-electron chi connectivity index (χ0n) is 10.2. The van der Waals surface area contributed by atoms with E-state index in [9.17, 15) is 4.39 Å². The molecule has 1 aromatic carbocycles. The number of benzene rings is 1. The third-order valence-electron chi connectivity index (χ3n) is 3.02. The highest BCUT2D eigenvalue weighted by molar-refractivity contribution is 5.87. The first-order valence-corrected chi connectivity index (χ1v) is 5.63. The highest BCUT2D eigenvalue weighted by atomic mass is 19.1. The zero-order valence-corrected chi connectivity index (χ0v) is 10.2. The van der Waals surface area contributed by atoms with E-state index < -0.39 is 5.82 Å². The Labute approximate surface area is 103 Å². The minimum absolute atomic E-state index is 0.161. The van der Waals surface area contributed by atoms with Gasteiger partial charge in [-0.05, 0) is 25.1 Å².